The van der Waals surface area contributed by atoms with Gasteiger partial charge in [0.05, 0.1) is 18.4 Å². The summed E-state index contributed by atoms with van der Waals surface area (Å²) in [5, 5.41) is 20.0. The number of aliphatic hydroxyl groups is 1. The van der Waals surface area contributed by atoms with Crippen molar-refractivity contribution < 1.29 is 5.11 Å². The molecular weight excluding hydrogens is 344 g/mol. The molecule has 0 radical (unpaired) electrons. The van der Waals surface area contributed by atoms with Gasteiger partial charge in [-0.3, -0.25) is 0 Å². The molecule has 0 saturated carbocycles. The molecule has 1 unspecified atom stereocenters. The molecule has 4 aromatic rings. The minimum Gasteiger partial charge on any atom is -0.383 e. The van der Waals surface area contributed by atoms with E-state index in [0.29, 0.717) is 13.0 Å². The fourth-order valence-corrected chi connectivity index (χ4v) is 3.87. The van der Waals surface area contributed by atoms with Crippen LogP contribution in [0.25, 0.3) is 4.96 Å². The Morgan fingerprint density at radius 1 is 1.08 bits per heavy atom. The minimum absolute atomic E-state index is 0.363. The molecule has 6 heteroatoms. The Labute approximate surface area is 156 Å². The zero-order chi connectivity index (χ0) is 18.0. The number of nitrogens with zero attached hydrogens (tertiary/aromatic N) is 3. The highest BCUT2D eigenvalue weighted by Gasteiger charge is 2.30. The Kier molecular flexibility index (Phi) is 4.44. The topological polar surface area (TPSA) is 62.5 Å². The highest BCUT2D eigenvalue weighted by molar-refractivity contribution is 7.20. The van der Waals surface area contributed by atoms with E-state index in [1.165, 1.54) is 11.3 Å². The van der Waals surface area contributed by atoms with Gasteiger partial charge in [0.15, 0.2) is 0 Å². The summed E-state index contributed by atoms with van der Waals surface area (Å²) < 4.78 is 1.76. The molecule has 1 atom stereocenters. The molecule has 5 nitrogen and oxygen atoms in total. The number of aromatic nitrogens is 3. The summed E-state index contributed by atoms with van der Waals surface area (Å²) in [6.07, 6.45) is 2.41. The van der Waals surface area contributed by atoms with E-state index in [-0.39, 0.29) is 0 Å². The number of fused-ring (bicyclic) bond motifs is 1. The Morgan fingerprint density at radius 3 is 2.46 bits per heavy atom. The second-order valence-electron chi connectivity index (χ2n) is 6.43. The summed E-state index contributed by atoms with van der Waals surface area (Å²) >= 11 is 1.48. The summed E-state index contributed by atoms with van der Waals surface area (Å²) in [7, 11) is 0. The van der Waals surface area contributed by atoms with Gasteiger partial charge in [0.1, 0.15) is 5.60 Å². The van der Waals surface area contributed by atoms with E-state index < -0.39 is 5.60 Å². The van der Waals surface area contributed by atoms with Gasteiger partial charge in [0.25, 0.3) is 0 Å². The van der Waals surface area contributed by atoms with Crippen LogP contribution < -0.4 is 5.32 Å². The van der Waals surface area contributed by atoms with Gasteiger partial charge in [-0.05, 0) is 18.1 Å². The number of benzene rings is 2. The average Bonchev–Trinajstić information content (AvgIpc) is 3.18. The zero-order valence-corrected chi connectivity index (χ0v) is 15.3. The van der Waals surface area contributed by atoms with Crippen LogP contribution in [0.2, 0.25) is 0 Å². The fraction of sp³-hybridized carbons (Fsp3) is 0.200. The second kappa shape index (κ2) is 6.90. The lowest BCUT2D eigenvalue weighted by molar-refractivity contribution is 0.0508. The molecule has 0 amide bonds. The Balaban J connectivity index is 1.58. The number of imidazole rings is 1. The molecule has 0 spiro atoms. The highest BCUT2D eigenvalue weighted by Crippen LogP contribution is 2.28. The third-order valence-corrected chi connectivity index (χ3v) is 5.23. The van der Waals surface area contributed by atoms with Crippen LogP contribution in [0, 0.1) is 6.92 Å². The quantitative estimate of drug-likeness (QED) is 0.548. The monoisotopic (exact) mass is 364 g/mol. The van der Waals surface area contributed by atoms with Crippen molar-refractivity contribution in [1.29, 1.82) is 0 Å². The predicted octanol–water partition coefficient (Wildman–Crippen LogP) is 3.64. The summed E-state index contributed by atoms with van der Waals surface area (Å²) in [6, 6.07) is 19.8. The number of anilines is 1. The maximum Gasteiger partial charge on any atom is 0.214 e. The summed E-state index contributed by atoms with van der Waals surface area (Å²) in [5.74, 6) is 0. The number of nitrogens with one attached hydrogen (secondary N) is 1. The van der Waals surface area contributed by atoms with Gasteiger partial charge in [-0.15, -0.1) is 5.10 Å². The van der Waals surface area contributed by atoms with Crippen molar-refractivity contribution in [3.63, 3.8) is 0 Å². The molecular formula is C20H20N4OS. The normalized spacial score (nSPS) is 13.6. The maximum absolute atomic E-state index is 11.5. The van der Waals surface area contributed by atoms with Crippen LogP contribution in [0.4, 0.5) is 5.13 Å². The third kappa shape index (κ3) is 3.47. The van der Waals surface area contributed by atoms with E-state index in [1.54, 1.807) is 4.52 Å². The molecule has 2 N–H and O–H groups in total. The summed E-state index contributed by atoms with van der Waals surface area (Å²) in [4.78, 5) is 5.26. The number of hydrogen-bond acceptors (Lipinski definition) is 5. The van der Waals surface area contributed by atoms with Crippen molar-refractivity contribution in [1.82, 2.24) is 14.6 Å². The van der Waals surface area contributed by atoms with E-state index in [4.69, 9.17) is 0 Å². The largest absolute Gasteiger partial charge is 0.383 e. The number of rotatable bonds is 6. The Bertz CT molecular complexity index is 965. The van der Waals surface area contributed by atoms with Crippen LogP contribution in [0.15, 0.2) is 66.9 Å². The Morgan fingerprint density at radius 2 is 1.77 bits per heavy atom. The lowest BCUT2D eigenvalue weighted by Crippen LogP contribution is -2.36. The standard InChI is InChI=1S/C20H20N4OS/c1-15-13-24-19(22-15)26-18(23-24)21-14-20(25,17-10-6-3-7-11-17)12-16-8-4-2-5-9-16/h2-11,13,25H,12,14H2,1H3,(H,21,23). The van der Waals surface area contributed by atoms with Gasteiger partial charge >= 0.3 is 0 Å². The van der Waals surface area contributed by atoms with Crippen molar-refractivity contribution in [3.05, 3.63) is 83.7 Å². The molecule has 0 aliphatic rings. The van der Waals surface area contributed by atoms with Crippen LogP contribution in [0.3, 0.4) is 0 Å². The number of hydrogen-bond donors (Lipinski definition) is 2. The van der Waals surface area contributed by atoms with Crippen LogP contribution >= 0.6 is 11.3 Å². The summed E-state index contributed by atoms with van der Waals surface area (Å²) in [5.41, 5.74) is 1.88. The van der Waals surface area contributed by atoms with Crippen molar-refractivity contribution in [2.75, 3.05) is 11.9 Å². The van der Waals surface area contributed by atoms with Gasteiger partial charge in [-0.1, -0.05) is 72.0 Å². The van der Waals surface area contributed by atoms with E-state index >= 15 is 0 Å². The first-order chi connectivity index (χ1) is 12.6. The summed E-state index contributed by atoms with van der Waals surface area (Å²) in [6.45, 7) is 2.31. The molecule has 0 fully saturated rings. The predicted molar refractivity (Wildman–Crippen MR) is 105 cm³/mol. The van der Waals surface area contributed by atoms with Crippen molar-refractivity contribution >= 4 is 21.4 Å². The van der Waals surface area contributed by atoms with Gasteiger partial charge in [0.2, 0.25) is 10.1 Å². The lowest BCUT2D eigenvalue weighted by Gasteiger charge is -2.29. The molecule has 2 aromatic heterocycles. The van der Waals surface area contributed by atoms with E-state index in [9.17, 15) is 5.11 Å². The molecule has 26 heavy (non-hydrogen) atoms. The van der Waals surface area contributed by atoms with Crippen LogP contribution in [0.1, 0.15) is 16.8 Å². The van der Waals surface area contributed by atoms with Gasteiger partial charge < -0.3 is 10.4 Å². The molecule has 0 aliphatic carbocycles. The highest BCUT2D eigenvalue weighted by atomic mass is 32.1. The van der Waals surface area contributed by atoms with Crippen molar-refractivity contribution in [2.45, 2.75) is 18.9 Å². The smallest absolute Gasteiger partial charge is 0.214 e. The Hall–Kier alpha value is -2.70. The third-order valence-electron chi connectivity index (χ3n) is 4.35. The fourth-order valence-electron chi connectivity index (χ4n) is 3.05. The maximum atomic E-state index is 11.5. The molecule has 0 bridgehead atoms. The van der Waals surface area contributed by atoms with E-state index in [2.05, 4.69) is 15.4 Å². The van der Waals surface area contributed by atoms with Gasteiger partial charge in [-0.25, -0.2) is 9.50 Å². The van der Waals surface area contributed by atoms with Crippen LogP contribution in [-0.4, -0.2) is 26.2 Å². The molecule has 2 aromatic carbocycles. The SMILES string of the molecule is Cc1cn2nc(NCC(O)(Cc3ccccc3)c3ccccc3)sc2n1. The molecule has 0 saturated heterocycles. The molecule has 132 valence electrons. The minimum atomic E-state index is -1.04. The van der Waals surface area contributed by atoms with Crippen molar-refractivity contribution in [3.8, 4) is 0 Å². The molecule has 0 aliphatic heterocycles. The second-order valence-corrected chi connectivity index (χ2v) is 7.39. The van der Waals surface area contributed by atoms with Gasteiger partial charge in [-0.2, -0.15) is 0 Å². The van der Waals surface area contributed by atoms with Gasteiger partial charge in [0, 0.05) is 6.42 Å². The first-order valence-electron chi connectivity index (χ1n) is 8.51. The van der Waals surface area contributed by atoms with Crippen molar-refractivity contribution in [2.24, 2.45) is 0 Å². The average molecular weight is 364 g/mol. The first-order valence-corrected chi connectivity index (χ1v) is 9.33. The van der Waals surface area contributed by atoms with Crippen LogP contribution in [-0.2, 0) is 12.0 Å². The zero-order valence-electron chi connectivity index (χ0n) is 14.5. The van der Waals surface area contributed by atoms with Crippen LogP contribution in [0.5, 0.6) is 0 Å². The molecule has 2 heterocycles. The molecule has 4 rings (SSSR count). The lowest BCUT2D eigenvalue weighted by atomic mass is 9.87. The number of aryl methyl sites for hydroxylation is 1. The first kappa shape index (κ1) is 16.8. The van der Waals surface area contributed by atoms with E-state index in [1.807, 2.05) is 73.8 Å². The van der Waals surface area contributed by atoms with E-state index in [0.717, 1.165) is 26.9 Å².